The quantitative estimate of drug-likeness (QED) is 0.571. The summed E-state index contributed by atoms with van der Waals surface area (Å²) in [6.45, 7) is 6.93. The zero-order valence-corrected chi connectivity index (χ0v) is 10.3. The number of nitrogens with one attached hydrogen (secondary N) is 2. The van der Waals surface area contributed by atoms with Crippen LogP contribution in [0.3, 0.4) is 0 Å². The molecule has 1 aromatic rings. The molecule has 0 amide bonds. The summed E-state index contributed by atoms with van der Waals surface area (Å²) in [4.78, 5) is 4.14. The van der Waals surface area contributed by atoms with Gasteiger partial charge in [-0.2, -0.15) is 5.10 Å². The molecule has 0 saturated carbocycles. The van der Waals surface area contributed by atoms with Crippen molar-refractivity contribution in [3.63, 3.8) is 0 Å². The molecule has 0 aliphatic rings. The maximum absolute atomic E-state index is 4.14. The van der Waals surface area contributed by atoms with Crippen molar-refractivity contribution in [1.82, 2.24) is 20.4 Å². The number of guanidine groups is 1. The van der Waals surface area contributed by atoms with E-state index in [2.05, 4.69) is 34.6 Å². The number of hydrogen-bond donors (Lipinski definition) is 2. The Hall–Kier alpha value is -1.52. The molecule has 1 heterocycles. The lowest BCUT2D eigenvalue weighted by atomic mass is 10.2. The van der Waals surface area contributed by atoms with E-state index < -0.39 is 0 Å². The lowest BCUT2D eigenvalue weighted by Gasteiger charge is -2.13. The minimum absolute atomic E-state index is 0.615. The minimum Gasteiger partial charge on any atom is -0.356 e. The Morgan fingerprint density at radius 3 is 2.81 bits per heavy atom. The fraction of sp³-hybridized carbons (Fsp3) is 0.636. The Labute approximate surface area is 97.0 Å². The first-order valence-corrected chi connectivity index (χ1v) is 5.64. The minimum atomic E-state index is 0.615. The summed E-state index contributed by atoms with van der Waals surface area (Å²) in [5, 5.41) is 10.6. The van der Waals surface area contributed by atoms with Crippen LogP contribution in [-0.4, -0.2) is 35.9 Å². The molecule has 0 radical (unpaired) electrons. The maximum atomic E-state index is 4.14. The van der Waals surface area contributed by atoms with Crippen molar-refractivity contribution in [2.24, 2.45) is 10.9 Å². The second-order valence-electron chi connectivity index (χ2n) is 4.04. The lowest BCUT2D eigenvalue weighted by molar-refractivity contribution is 0.584. The first-order chi connectivity index (χ1) is 7.72. The topological polar surface area (TPSA) is 54.2 Å². The molecule has 0 aromatic carbocycles. The summed E-state index contributed by atoms with van der Waals surface area (Å²) in [6.07, 6.45) is 3.73. The van der Waals surface area contributed by atoms with Gasteiger partial charge in [0.25, 0.3) is 0 Å². The molecule has 0 aliphatic heterocycles. The Morgan fingerprint density at radius 1 is 1.44 bits per heavy atom. The SMILES string of the molecule is CN=C(NCCn1cccn1)NCC(C)C. The predicted molar refractivity (Wildman–Crippen MR) is 66.4 cm³/mol. The highest BCUT2D eigenvalue weighted by Gasteiger charge is 1.98. The van der Waals surface area contributed by atoms with E-state index in [1.807, 2.05) is 16.9 Å². The van der Waals surface area contributed by atoms with E-state index in [1.54, 1.807) is 13.2 Å². The van der Waals surface area contributed by atoms with E-state index in [-0.39, 0.29) is 0 Å². The van der Waals surface area contributed by atoms with Gasteiger partial charge in [0.05, 0.1) is 6.54 Å². The molecule has 0 bridgehead atoms. The van der Waals surface area contributed by atoms with Crippen molar-refractivity contribution in [2.75, 3.05) is 20.1 Å². The molecule has 90 valence electrons. The molecule has 0 saturated heterocycles. The first-order valence-electron chi connectivity index (χ1n) is 5.64. The monoisotopic (exact) mass is 223 g/mol. The Balaban J connectivity index is 2.19. The molecule has 1 aromatic heterocycles. The summed E-state index contributed by atoms with van der Waals surface area (Å²) in [6, 6.07) is 1.92. The summed E-state index contributed by atoms with van der Waals surface area (Å²) < 4.78 is 1.89. The van der Waals surface area contributed by atoms with Crippen LogP contribution in [0.15, 0.2) is 23.5 Å². The second-order valence-corrected chi connectivity index (χ2v) is 4.04. The van der Waals surface area contributed by atoms with Crippen molar-refractivity contribution in [1.29, 1.82) is 0 Å². The Kier molecular flexibility index (Phi) is 5.39. The zero-order chi connectivity index (χ0) is 11.8. The van der Waals surface area contributed by atoms with Gasteiger partial charge in [-0.15, -0.1) is 0 Å². The van der Waals surface area contributed by atoms with Gasteiger partial charge >= 0.3 is 0 Å². The van der Waals surface area contributed by atoms with Crippen LogP contribution in [0, 0.1) is 5.92 Å². The number of aliphatic imine (C=N–C) groups is 1. The number of aromatic nitrogens is 2. The number of nitrogens with zero attached hydrogens (tertiary/aromatic N) is 3. The normalized spacial score (nSPS) is 11.9. The molecule has 1 rings (SSSR count). The highest BCUT2D eigenvalue weighted by molar-refractivity contribution is 5.79. The van der Waals surface area contributed by atoms with Crippen molar-refractivity contribution in [2.45, 2.75) is 20.4 Å². The van der Waals surface area contributed by atoms with E-state index in [1.165, 1.54) is 0 Å². The molecule has 0 atom stereocenters. The van der Waals surface area contributed by atoms with Crippen LogP contribution in [0.4, 0.5) is 0 Å². The van der Waals surface area contributed by atoms with Gasteiger partial charge in [-0.3, -0.25) is 9.67 Å². The van der Waals surface area contributed by atoms with Crippen LogP contribution in [0.25, 0.3) is 0 Å². The standard InChI is InChI=1S/C11H21N5/c1-10(2)9-14-11(12-3)13-6-8-16-7-4-5-15-16/h4-5,7,10H,6,8-9H2,1-3H3,(H2,12,13,14). The van der Waals surface area contributed by atoms with Gasteiger partial charge in [0.2, 0.25) is 0 Å². The van der Waals surface area contributed by atoms with Crippen LogP contribution >= 0.6 is 0 Å². The van der Waals surface area contributed by atoms with E-state index in [0.717, 1.165) is 25.6 Å². The smallest absolute Gasteiger partial charge is 0.191 e. The fourth-order valence-electron chi connectivity index (χ4n) is 1.24. The molecule has 5 nitrogen and oxygen atoms in total. The third kappa shape index (κ3) is 4.82. The van der Waals surface area contributed by atoms with Gasteiger partial charge in [-0.1, -0.05) is 13.8 Å². The van der Waals surface area contributed by atoms with Crippen LogP contribution in [0.2, 0.25) is 0 Å². The van der Waals surface area contributed by atoms with Gasteiger partial charge in [-0.25, -0.2) is 0 Å². The number of hydrogen-bond acceptors (Lipinski definition) is 2. The van der Waals surface area contributed by atoms with Gasteiger partial charge in [0.15, 0.2) is 5.96 Å². The molecule has 2 N–H and O–H groups in total. The second kappa shape index (κ2) is 6.87. The van der Waals surface area contributed by atoms with Crippen molar-refractivity contribution in [3.8, 4) is 0 Å². The average molecular weight is 223 g/mol. The van der Waals surface area contributed by atoms with Gasteiger partial charge in [0.1, 0.15) is 0 Å². The summed E-state index contributed by atoms with van der Waals surface area (Å²) in [7, 11) is 1.78. The highest BCUT2D eigenvalue weighted by atomic mass is 15.3. The van der Waals surface area contributed by atoms with E-state index in [4.69, 9.17) is 0 Å². The van der Waals surface area contributed by atoms with Crippen LogP contribution in [0.1, 0.15) is 13.8 Å². The van der Waals surface area contributed by atoms with Crippen LogP contribution < -0.4 is 10.6 Å². The predicted octanol–water partition coefficient (Wildman–Crippen LogP) is 0.704. The third-order valence-corrected chi connectivity index (χ3v) is 2.09. The Morgan fingerprint density at radius 2 is 2.25 bits per heavy atom. The van der Waals surface area contributed by atoms with Crippen LogP contribution in [-0.2, 0) is 6.54 Å². The highest BCUT2D eigenvalue weighted by Crippen LogP contribution is 1.87. The average Bonchev–Trinajstić information content (AvgIpc) is 2.75. The molecule has 0 unspecified atom stereocenters. The molecule has 0 aliphatic carbocycles. The fourth-order valence-corrected chi connectivity index (χ4v) is 1.24. The zero-order valence-electron chi connectivity index (χ0n) is 10.3. The van der Waals surface area contributed by atoms with E-state index >= 15 is 0 Å². The molecule has 0 fully saturated rings. The van der Waals surface area contributed by atoms with Gasteiger partial charge < -0.3 is 10.6 Å². The van der Waals surface area contributed by atoms with Gasteiger partial charge in [-0.05, 0) is 12.0 Å². The van der Waals surface area contributed by atoms with E-state index in [0.29, 0.717) is 5.92 Å². The molecule has 5 heteroatoms. The third-order valence-electron chi connectivity index (χ3n) is 2.09. The first kappa shape index (κ1) is 12.5. The summed E-state index contributed by atoms with van der Waals surface area (Å²) >= 11 is 0. The largest absolute Gasteiger partial charge is 0.356 e. The van der Waals surface area contributed by atoms with E-state index in [9.17, 15) is 0 Å². The Bertz CT molecular complexity index is 302. The van der Waals surface area contributed by atoms with Crippen molar-refractivity contribution >= 4 is 5.96 Å². The molecular weight excluding hydrogens is 202 g/mol. The van der Waals surface area contributed by atoms with Crippen molar-refractivity contribution in [3.05, 3.63) is 18.5 Å². The number of rotatable bonds is 5. The maximum Gasteiger partial charge on any atom is 0.191 e. The van der Waals surface area contributed by atoms with Crippen LogP contribution in [0.5, 0.6) is 0 Å². The lowest BCUT2D eigenvalue weighted by Crippen LogP contribution is -2.40. The van der Waals surface area contributed by atoms with Crippen molar-refractivity contribution < 1.29 is 0 Å². The molecule has 0 spiro atoms. The summed E-state index contributed by atoms with van der Waals surface area (Å²) in [5.74, 6) is 1.46. The summed E-state index contributed by atoms with van der Waals surface area (Å²) in [5.41, 5.74) is 0. The molecule has 16 heavy (non-hydrogen) atoms. The van der Waals surface area contributed by atoms with Gasteiger partial charge in [0, 0.05) is 32.5 Å². The molecular formula is C11H21N5.